The summed E-state index contributed by atoms with van der Waals surface area (Å²) >= 11 is 0. The highest BCUT2D eigenvalue weighted by molar-refractivity contribution is 7.46. The first-order valence-corrected chi connectivity index (χ1v) is 6.03. The molecular weight excluding hydrogens is 209 g/mol. The summed E-state index contributed by atoms with van der Waals surface area (Å²) < 4.78 is 14.6. The Morgan fingerprint density at radius 1 is 1.29 bits per heavy atom. The van der Waals surface area contributed by atoms with Crippen molar-refractivity contribution in [1.29, 1.82) is 0 Å². The molecule has 6 nitrogen and oxygen atoms in total. The van der Waals surface area contributed by atoms with Gasteiger partial charge in [0.25, 0.3) is 0 Å². The molecule has 85 valence electrons. The zero-order valence-corrected chi connectivity index (χ0v) is 9.15. The molecule has 0 aromatic heterocycles. The van der Waals surface area contributed by atoms with Gasteiger partial charge in [0.1, 0.15) is 0 Å². The van der Waals surface area contributed by atoms with Crippen LogP contribution in [0.4, 0.5) is 0 Å². The largest absolute Gasteiger partial charge is 0.469 e. The van der Waals surface area contributed by atoms with Gasteiger partial charge in [0.15, 0.2) is 0 Å². The fourth-order valence-corrected chi connectivity index (χ4v) is 1.39. The lowest BCUT2D eigenvalue weighted by Crippen LogP contribution is -2.30. The molecule has 0 saturated heterocycles. The predicted octanol–water partition coefficient (Wildman–Crippen LogP) is 0.238. The average Bonchev–Trinajstić information content (AvgIpc) is 2.02. The molecule has 0 bridgehead atoms. The first-order valence-electron chi connectivity index (χ1n) is 4.50. The maximum atomic E-state index is 10.3. The third-order valence-corrected chi connectivity index (χ3v) is 2.13. The summed E-state index contributed by atoms with van der Waals surface area (Å²) in [4.78, 5) is 18.6. The van der Waals surface area contributed by atoms with Crippen LogP contribution >= 0.6 is 7.82 Å². The van der Waals surface area contributed by atoms with Gasteiger partial charge in [0.2, 0.25) is 0 Å². The van der Waals surface area contributed by atoms with Crippen molar-refractivity contribution in [3.05, 3.63) is 0 Å². The molecule has 0 aliphatic rings. The Morgan fingerprint density at radius 3 is 2.36 bits per heavy atom. The zero-order chi connectivity index (χ0) is 11.0. The van der Waals surface area contributed by atoms with Gasteiger partial charge in [-0.05, 0) is 13.0 Å². The Balaban J connectivity index is 3.65. The topological polar surface area (TPSA) is 89.9 Å². The van der Waals surface area contributed by atoms with E-state index in [0.717, 1.165) is 13.0 Å². The quantitative estimate of drug-likeness (QED) is 0.578. The minimum absolute atomic E-state index is 0.0513. The second kappa shape index (κ2) is 7.34. The predicted molar refractivity (Wildman–Crippen MR) is 50.3 cm³/mol. The van der Waals surface area contributed by atoms with Crippen LogP contribution in [0.5, 0.6) is 0 Å². The Kier molecular flexibility index (Phi) is 7.35. The summed E-state index contributed by atoms with van der Waals surface area (Å²) in [7, 11) is -4.36. The number of hydrogen-bond acceptors (Lipinski definition) is 3. The van der Waals surface area contributed by atoms with E-state index in [2.05, 4.69) is 4.52 Å². The van der Waals surface area contributed by atoms with Crippen molar-refractivity contribution in [2.75, 3.05) is 32.8 Å². The number of phosphoric ester groups is 1. The SMILES string of the molecule is CCCN(CC[O])CCOP(=O)(O)O. The normalized spacial score (nSPS) is 12.4. The van der Waals surface area contributed by atoms with Crippen molar-refractivity contribution in [3.8, 4) is 0 Å². The van der Waals surface area contributed by atoms with Gasteiger partial charge < -0.3 is 9.79 Å². The highest BCUT2D eigenvalue weighted by Crippen LogP contribution is 2.35. The maximum absolute atomic E-state index is 10.3. The fraction of sp³-hybridized carbons (Fsp3) is 1.00. The van der Waals surface area contributed by atoms with Crippen LogP contribution in [0, 0.1) is 0 Å². The van der Waals surface area contributed by atoms with Crippen LogP contribution in [-0.4, -0.2) is 47.5 Å². The Hall–Kier alpha value is 0.0300. The second-order valence-electron chi connectivity index (χ2n) is 2.87. The van der Waals surface area contributed by atoms with Crippen molar-refractivity contribution in [2.45, 2.75) is 13.3 Å². The van der Waals surface area contributed by atoms with Crippen LogP contribution in [0.2, 0.25) is 0 Å². The van der Waals surface area contributed by atoms with Crippen molar-refractivity contribution in [3.63, 3.8) is 0 Å². The lowest BCUT2D eigenvalue weighted by atomic mass is 10.4. The Labute approximate surface area is 83.7 Å². The highest BCUT2D eigenvalue weighted by Gasteiger charge is 2.14. The van der Waals surface area contributed by atoms with Crippen molar-refractivity contribution in [2.24, 2.45) is 0 Å². The van der Waals surface area contributed by atoms with Gasteiger partial charge in [0.05, 0.1) is 13.2 Å². The molecule has 0 aromatic carbocycles. The van der Waals surface area contributed by atoms with Crippen molar-refractivity contribution in [1.82, 2.24) is 4.90 Å². The molecule has 0 rings (SSSR count). The monoisotopic (exact) mass is 226 g/mol. The molecule has 1 radical (unpaired) electrons. The van der Waals surface area contributed by atoms with Gasteiger partial charge in [-0.25, -0.2) is 9.67 Å². The van der Waals surface area contributed by atoms with E-state index in [4.69, 9.17) is 9.79 Å². The van der Waals surface area contributed by atoms with Gasteiger partial charge in [0, 0.05) is 13.1 Å². The van der Waals surface area contributed by atoms with Gasteiger partial charge in [-0.2, -0.15) is 0 Å². The summed E-state index contributed by atoms with van der Waals surface area (Å²) in [6.45, 7) is 3.22. The number of hydrogen-bond donors (Lipinski definition) is 2. The Morgan fingerprint density at radius 2 is 1.93 bits per heavy atom. The third kappa shape index (κ3) is 8.62. The van der Waals surface area contributed by atoms with E-state index in [1.807, 2.05) is 11.8 Å². The molecular formula is C7H17NO5P. The molecule has 0 fully saturated rings. The first kappa shape index (κ1) is 14.0. The van der Waals surface area contributed by atoms with E-state index >= 15 is 0 Å². The van der Waals surface area contributed by atoms with Crippen LogP contribution in [0.15, 0.2) is 0 Å². The molecule has 7 heteroatoms. The van der Waals surface area contributed by atoms with Gasteiger partial charge >= 0.3 is 7.82 Å². The van der Waals surface area contributed by atoms with Gasteiger partial charge in [-0.3, -0.25) is 9.42 Å². The molecule has 2 N–H and O–H groups in total. The number of nitrogens with zero attached hydrogens (tertiary/aromatic N) is 1. The maximum Gasteiger partial charge on any atom is 0.469 e. The molecule has 0 heterocycles. The summed E-state index contributed by atoms with van der Waals surface area (Å²) in [5.41, 5.74) is 0. The van der Waals surface area contributed by atoms with E-state index in [0.29, 0.717) is 13.1 Å². The summed E-state index contributed by atoms with van der Waals surface area (Å²) in [6, 6.07) is 0. The first-order chi connectivity index (χ1) is 6.49. The fourth-order valence-electron chi connectivity index (χ4n) is 1.07. The van der Waals surface area contributed by atoms with Crippen LogP contribution in [0.25, 0.3) is 0 Å². The minimum atomic E-state index is -4.36. The van der Waals surface area contributed by atoms with Gasteiger partial charge in [-0.1, -0.05) is 6.92 Å². The van der Waals surface area contributed by atoms with E-state index in [-0.39, 0.29) is 13.2 Å². The summed E-state index contributed by atoms with van der Waals surface area (Å²) in [5, 5.41) is 10.3. The summed E-state index contributed by atoms with van der Waals surface area (Å²) in [6.07, 6.45) is 0.899. The molecule has 14 heavy (non-hydrogen) atoms. The smallest absolute Gasteiger partial charge is 0.303 e. The number of phosphoric acid groups is 1. The molecule has 0 spiro atoms. The zero-order valence-electron chi connectivity index (χ0n) is 8.26. The number of rotatable bonds is 8. The minimum Gasteiger partial charge on any atom is -0.303 e. The van der Waals surface area contributed by atoms with E-state index in [1.165, 1.54) is 0 Å². The highest BCUT2D eigenvalue weighted by atomic mass is 31.2. The molecule has 0 amide bonds. The van der Waals surface area contributed by atoms with Crippen LogP contribution < -0.4 is 0 Å². The van der Waals surface area contributed by atoms with Crippen LogP contribution in [0.1, 0.15) is 13.3 Å². The van der Waals surface area contributed by atoms with Crippen molar-refractivity contribution >= 4 is 7.82 Å². The Bertz CT molecular complexity index is 177. The van der Waals surface area contributed by atoms with E-state index in [1.54, 1.807) is 0 Å². The van der Waals surface area contributed by atoms with Crippen LogP contribution in [-0.2, 0) is 14.2 Å². The third-order valence-electron chi connectivity index (χ3n) is 1.61. The van der Waals surface area contributed by atoms with E-state index in [9.17, 15) is 9.67 Å². The van der Waals surface area contributed by atoms with Crippen LogP contribution in [0.3, 0.4) is 0 Å². The average molecular weight is 226 g/mol. The summed E-state index contributed by atoms with van der Waals surface area (Å²) in [5.74, 6) is 0. The molecule has 0 atom stereocenters. The molecule has 0 aromatic rings. The van der Waals surface area contributed by atoms with E-state index < -0.39 is 7.82 Å². The molecule has 0 unspecified atom stereocenters. The molecule has 0 aliphatic carbocycles. The molecule has 0 saturated carbocycles. The standard InChI is InChI=1S/C7H17NO5P/c1-2-3-8(4-6-9)5-7-13-14(10,11)12/h2-7H2,1H3,(H2,10,11,12). The van der Waals surface area contributed by atoms with Crippen molar-refractivity contribution < 1.29 is 24.0 Å². The lowest BCUT2D eigenvalue weighted by Gasteiger charge is -2.19. The molecule has 0 aliphatic heterocycles. The second-order valence-corrected chi connectivity index (χ2v) is 4.11. The van der Waals surface area contributed by atoms with Gasteiger partial charge in [-0.15, -0.1) is 0 Å². The lowest BCUT2D eigenvalue weighted by molar-refractivity contribution is 0.119.